The lowest BCUT2D eigenvalue weighted by atomic mass is 9.88. The smallest absolute Gasteiger partial charge is 0.0530 e. The molecule has 1 aliphatic rings. The van der Waals surface area contributed by atoms with Crippen LogP contribution >= 0.6 is 0 Å². The van der Waals surface area contributed by atoms with Gasteiger partial charge in [-0.15, -0.1) is 0 Å². The Balaban J connectivity index is 2.10. The van der Waals surface area contributed by atoms with Crippen molar-refractivity contribution >= 4 is 0 Å². The molecule has 0 unspecified atom stereocenters. The van der Waals surface area contributed by atoms with E-state index in [0.717, 1.165) is 13.2 Å². The van der Waals surface area contributed by atoms with E-state index in [1.165, 1.54) is 12.0 Å². The second kappa shape index (κ2) is 4.58. The van der Waals surface area contributed by atoms with Gasteiger partial charge in [-0.3, -0.25) is 0 Å². The minimum Gasteiger partial charge on any atom is -0.381 e. The lowest BCUT2D eigenvalue weighted by Crippen LogP contribution is -2.19. The zero-order valence-electron chi connectivity index (χ0n) is 10.6. The van der Waals surface area contributed by atoms with Crippen molar-refractivity contribution in [2.24, 2.45) is 11.3 Å². The summed E-state index contributed by atoms with van der Waals surface area (Å²) in [7, 11) is 0. The highest BCUT2D eigenvalue weighted by Crippen LogP contribution is 2.63. The number of hydrogen-bond donors (Lipinski definition) is 0. The maximum absolute atomic E-state index is 5.67. The molecule has 0 saturated heterocycles. The van der Waals surface area contributed by atoms with Crippen LogP contribution in [0.15, 0.2) is 30.3 Å². The largest absolute Gasteiger partial charge is 0.381 e. The predicted molar refractivity (Wildman–Crippen MR) is 67.6 cm³/mol. The molecule has 16 heavy (non-hydrogen) atoms. The third kappa shape index (κ3) is 2.01. The molecule has 88 valence electrons. The van der Waals surface area contributed by atoms with Gasteiger partial charge in [0.25, 0.3) is 0 Å². The molecule has 0 amide bonds. The van der Waals surface area contributed by atoms with Crippen LogP contribution in [0.4, 0.5) is 0 Å². The molecule has 1 aliphatic carbocycles. The molecule has 2 rings (SSSR count). The third-order valence-corrected chi connectivity index (χ3v) is 4.04. The van der Waals surface area contributed by atoms with Crippen molar-refractivity contribution in [2.75, 3.05) is 13.2 Å². The average Bonchev–Trinajstić information content (AvgIpc) is 3.04. The van der Waals surface area contributed by atoms with Crippen LogP contribution in [-0.2, 0) is 4.74 Å². The number of hydrogen-bond acceptors (Lipinski definition) is 1. The Morgan fingerprint density at radius 3 is 2.56 bits per heavy atom. The summed E-state index contributed by atoms with van der Waals surface area (Å²) in [5.74, 6) is 1.41. The van der Waals surface area contributed by atoms with E-state index in [1.54, 1.807) is 0 Å². The van der Waals surface area contributed by atoms with E-state index in [0.29, 0.717) is 17.3 Å². The normalized spacial score (nSPS) is 28.4. The van der Waals surface area contributed by atoms with Gasteiger partial charge in [0.2, 0.25) is 0 Å². The molecular weight excluding hydrogens is 196 g/mol. The Bertz CT molecular complexity index is 331. The molecule has 0 radical (unpaired) electrons. The van der Waals surface area contributed by atoms with Gasteiger partial charge >= 0.3 is 0 Å². The van der Waals surface area contributed by atoms with E-state index in [1.807, 2.05) is 0 Å². The van der Waals surface area contributed by atoms with Crippen molar-refractivity contribution in [3.8, 4) is 0 Å². The molecule has 0 bridgehead atoms. The Morgan fingerprint density at radius 2 is 2.00 bits per heavy atom. The van der Waals surface area contributed by atoms with E-state index >= 15 is 0 Å². The summed E-state index contributed by atoms with van der Waals surface area (Å²) in [6.45, 7) is 8.47. The fourth-order valence-electron chi connectivity index (χ4n) is 2.71. The van der Waals surface area contributed by atoms with E-state index in [9.17, 15) is 0 Å². The first-order chi connectivity index (χ1) is 7.70. The average molecular weight is 218 g/mol. The van der Waals surface area contributed by atoms with E-state index in [4.69, 9.17) is 4.74 Å². The van der Waals surface area contributed by atoms with Gasteiger partial charge in [-0.1, -0.05) is 44.2 Å². The third-order valence-electron chi connectivity index (χ3n) is 4.04. The first-order valence-corrected chi connectivity index (χ1v) is 6.33. The van der Waals surface area contributed by atoms with E-state index in [-0.39, 0.29) is 0 Å². The summed E-state index contributed by atoms with van der Waals surface area (Å²) in [5, 5.41) is 0. The lowest BCUT2D eigenvalue weighted by Gasteiger charge is -2.21. The van der Waals surface area contributed by atoms with Crippen LogP contribution in [0, 0.1) is 11.3 Å². The van der Waals surface area contributed by atoms with E-state index in [2.05, 4.69) is 51.1 Å². The molecule has 1 fully saturated rings. The second-order valence-corrected chi connectivity index (χ2v) is 5.19. The van der Waals surface area contributed by atoms with Crippen molar-refractivity contribution < 1.29 is 4.74 Å². The SMILES string of the molecule is CCOC[C@@]1(C(C)C)C[C@H]1c1ccccc1. The highest BCUT2D eigenvalue weighted by molar-refractivity contribution is 5.30. The summed E-state index contributed by atoms with van der Waals surface area (Å²) in [4.78, 5) is 0. The molecule has 1 heteroatoms. The summed E-state index contributed by atoms with van der Waals surface area (Å²) in [5.41, 5.74) is 1.88. The van der Waals surface area contributed by atoms with E-state index < -0.39 is 0 Å². The maximum Gasteiger partial charge on any atom is 0.0530 e. The Hall–Kier alpha value is -0.820. The molecule has 1 saturated carbocycles. The molecule has 0 aromatic heterocycles. The van der Waals surface area contributed by atoms with Gasteiger partial charge in [-0.05, 0) is 30.7 Å². The van der Waals surface area contributed by atoms with Crippen LogP contribution in [0.3, 0.4) is 0 Å². The standard InChI is InChI=1S/C15H22O/c1-4-16-11-15(12(2)3)10-14(15)13-8-6-5-7-9-13/h5-9,12,14H,4,10-11H2,1-3H3/t14-,15+/m0/s1. The Kier molecular flexibility index (Phi) is 3.34. The molecule has 0 heterocycles. The summed E-state index contributed by atoms with van der Waals surface area (Å²) in [6.07, 6.45) is 1.29. The molecule has 0 aliphatic heterocycles. The first kappa shape index (κ1) is 11.7. The predicted octanol–water partition coefficient (Wildman–Crippen LogP) is 3.85. The number of ether oxygens (including phenoxy) is 1. The summed E-state index contributed by atoms with van der Waals surface area (Å²) < 4.78 is 5.67. The van der Waals surface area contributed by atoms with Crippen molar-refractivity contribution in [2.45, 2.75) is 33.1 Å². The highest BCUT2D eigenvalue weighted by atomic mass is 16.5. The van der Waals surface area contributed by atoms with Crippen molar-refractivity contribution in [1.29, 1.82) is 0 Å². The van der Waals surface area contributed by atoms with Gasteiger partial charge < -0.3 is 4.74 Å². The van der Waals surface area contributed by atoms with Crippen molar-refractivity contribution in [3.63, 3.8) is 0 Å². The molecule has 1 aromatic carbocycles. The molecule has 1 aromatic rings. The Labute approximate surface area is 98.8 Å². The van der Waals surface area contributed by atoms with Crippen molar-refractivity contribution in [1.82, 2.24) is 0 Å². The minimum absolute atomic E-state index is 0.400. The zero-order valence-corrected chi connectivity index (χ0v) is 10.6. The zero-order chi connectivity index (χ0) is 11.6. The second-order valence-electron chi connectivity index (χ2n) is 5.19. The fraction of sp³-hybridized carbons (Fsp3) is 0.600. The highest BCUT2D eigenvalue weighted by Gasteiger charge is 2.56. The minimum atomic E-state index is 0.400. The first-order valence-electron chi connectivity index (χ1n) is 6.33. The summed E-state index contributed by atoms with van der Waals surface area (Å²) in [6, 6.07) is 10.9. The molecule has 2 atom stereocenters. The molecule has 0 spiro atoms. The molecule has 1 nitrogen and oxygen atoms in total. The van der Waals surface area contributed by atoms with Crippen LogP contribution in [-0.4, -0.2) is 13.2 Å². The van der Waals surface area contributed by atoms with Gasteiger partial charge in [-0.2, -0.15) is 0 Å². The molecule has 0 N–H and O–H groups in total. The van der Waals surface area contributed by atoms with Crippen LogP contribution in [0.5, 0.6) is 0 Å². The lowest BCUT2D eigenvalue weighted by molar-refractivity contribution is 0.0773. The number of benzene rings is 1. The van der Waals surface area contributed by atoms with Crippen LogP contribution in [0.25, 0.3) is 0 Å². The Morgan fingerprint density at radius 1 is 1.31 bits per heavy atom. The summed E-state index contributed by atoms with van der Waals surface area (Å²) >= 11 is 0. The van der Waals surface area contributed by atoms with Crippen LogP contribution in [0.1, 0.15) is 38.7 Å². The van der Waals surface area contributed by atoms with Crippen LogP contribution < -0.4 is 0 Å². The monoisotopic (exact) mass is 218 g/mol. The number of rotatable bonds is 5. The quantitative estimate of drug-likeness (QED) is 0.729. The molecular formula is C15H22O. The van der Waals surface area contributed by atoms with Crippen LogP contribution in [0.2, 0.25) is 0 Å². The maximum atomic E-state index is 5.67. The van der Waals surface area contributed by atoms with Crippen molar-refractivity contribution in [3.05, 3.63) is 35.9 Å². The van der Waals surface area contributed by atoms with Gasteiger partial charge in [0, 0.05) is 12.0 Å². The van der Waals surface area contributed by atoms with Gasteiger partial charge in [-0.25, -0.2) is 0 Å². The fourth-order valence-corrected chi connectivity index (χ4v) is 2.71. The van der Waals surface area contributed by atoms with Gasteiger partial charge in [0.1, 0.15) is 0 Å². The van der Waals surface area contributed by atoms with Gasteiger partial charge in [0.15, 0.2) is 0 Å². The topological polar surface area (TPSA) is 9.23 Å². The van der Waals surface area contributed by atoms with Gasteiger partial charge in [0.05, 0.1) is 6.61 Å².